The minimum Gasteiger partial charge on any atom is -0.355 e. The van der Waals surface area contributed by atoms with Gasteiger partial charge >= 0.3 is 0 Å². The van der Waals surface area contributed by atoms with Gasteiger partial charge in [-0.3, -0.25) is 4.79 Å². The van der Waals surface area contributed by atoms with Gasteiger partial charge in [0.1, 0.15) is 11.0 Å². The third-order valence-corrected chi connectivity index (χ3v) is 2.30. The zero-order valence-electron chi connectivity index (χ0n) is 6.94. The lowest BCUT2D eigenvalue weighted by Crippen LogP contribution is -2.17. The molecule has 4 nitrogen and oxygen atoms in total. The van der Waals surface area contributed by atoms with Gasteiger partial charge in [-0.25, -0.2) is 0 Å². The van der Waals surface area contributed by atoms with E-state index in [-0.39, 0.29) is 5.91 Å². The first-order valence-corrected chi connectivity index (χ1v) is 4.49. The Morgan fingerprint density at radius 2 is 2.31 bits per heavy atom. The summed E-state index contributed by atoms with van der Waals surface area (Å²) in [6, 6.07) is 5.38. The molecule has 2 rings (SSSR count). The molecule has 0 atom stereocenters. The number of nitrogens with zero attached hydrogens (tertiary/aromatic N) is 2. The van der Waals surface area contributed by atoms with Gasteiger partial charge in [0, 0.05) is 7.05 Å². The molecular formula is C8H7N3OS. The molecule has 0 fully saturated rings. The van der Waals surface area contributed by atoms with E-state index in [0.29, 0.717) is 11.1 Å². The van der Waals surface area contributed by atoms with Crippen LogP contribution in [-0.4, -0.2) is 21.7 Å². The molecule has 1 amide bonds. The number of hydrogen-bond donors (Lipinski definition) is 1. The number of rotatable bonds is 1. The molecule has 0 radical (unpaired) electrons. The fraction of sp³-hybridized carbons (Fsp3) is 0.125. The van der Waals surface area contributed by atoms with Crippen LogP contribution in [0.2, 0.25) is 0 Å². The first-order chi connectivity index (χ1) is 6.33. The van der Waals surface area contributed by atoms with Gasteiger partial charge in [-0.1, -0.05) is 6.07 Å². The summed E-state index contributed by atoms with van der Waals surface area (Å²) in [6.45, 7) is 0. The lowest BCUT2D eigenvalue weighted by Gasteiger charge is -1.98. The monoisotopic (exact) mass is 193 g/mol. The number of fused-ring (bicyclic) bond motifs is 1. The molecule has 0 aliphatic heterocycles. The van der Waals surface area contributed by atoms with E-state index in [1.165, 1.54) is 0 Å². The van der Waals surface area contributed by atoms with Crippen molar-refractivity contribution >= 4 is 28.7 Å². The van der Waals surface area contributed by atoms with Gasteiger partial charge in [-0.05, 0) is 12.1 Å². The van der Waals surface area contributed by atoms with Gasteiger partial charge in [-0.15, -0.1) is 0 Å². The molecule has 2 aromatic rings. The molecule has 0 aliphatic rings. The molecule has 0 aliphatic carbocycles. The summed E-state index contributed by atoms with van der Waals surface area (Å²) in [4.78, 5) is 11.4. The number of aromatic nitrogens is 2. The number of carbonyl (C=O) groups excluding carboxylic acids is 1. The molecule has 5 heteroatoms. The topological polar surface area (TPSA) is 54.9 Å². The number of hydrogen-bond acceptors (Lipinski definition) is 4. The van der Waals surface area contributed by atoms with Crippen molar-refractivity contribution < 1.29 is 4.79 Å². The van der Waals surface area contributed by atoms with Crippen molar-refractivity contribution in [3.63, 3.8) is 0 Å². The van der Waals surface area contributed by atoms with Crippen LogP contribution in [0.4, 0.5) is 0 Å². The average molecular weight is 193 g/mol. The SMILES string of the molecule is CNC(=O)c1cccc2nsnc12. The first kappa shape index (κ1) is 8.12. The van der Waals surface area contributed by atoms with Crippen LogP contribution in [0, 0.1) is 0 Å². The highest BCUT2D eigenvalue weighted by Gasteiger charge is 2.10. The summed E-state index contributed by atoms with van der Waals surface area (Å²) in [5.74, 6) is -0.127. The standard InChI is InChI=1S/C8H7N3OS/c1-9-8(12)5-3-2-4-6-7(5)11-13-10-6/h2-4H,1H3,(H,9,12). The Balaban J connectivity index is 2.67. The molecule has 0 saturated heterocycles. The van der Waals surface area contributed by atoms with Crippen molar-refractivity contribution in [2.75, 3.05) is 7.05 Å². The summed E-state index contributed by atoms with van der Waals surface area (Å²) < 4.78 is 8.10. The minimum absolute atomic E-state index is 0.127. The van der Waals surface area contributed by atoms with Crippen LogP contribution >= 0.6 is 11.7 Å². The molecule has 1 N–H and O–H groups in total. The zero-order valence-corrected chi connectivity index (χ0v) is 7.76. The maximum Gasteiger partial charge on any atom is 0.253 e. The quantitative estimate of drug-likeness (QED) is 0.736. The van der Waals surface area contributed by atoms with Crippen LogP contribution in [0.15, 0.2) is 18.2 Å². The fourth-order valence-corrected chi connectivity index (χ4v) is 1.67. The van der Waals surface area contributed by atoms with E-state index >= 15 is 0 Å². The van der Waals surface area contributed by atoms with E-state index in [2.05, 4.69) is 14.1 Å². The molecule has 0 bridgehead atoms. The molecular weight excluding hydrogens is 186 g/mol. The van der Waals surface area contributed by atoms with Crippen molar-refractivity contribution in [2.45, 2.75) is 0 Å². The number of benzene rings is 1. The van der Waals surface area contributed by atoms with E-state index in [1.54, 1.807) is 19.2 Å². The molecule has 0 spiro atoms. The van der Waals surface area contributed by atoms with Crippen LogP contribution in [0.5, 0.6) is 0 Å². The van der Waals surface area contributed by atoms with Gasteiger partial charge in [0.2, 0.25) is 0 Å². The molecule has 1 aromatic carbocycles. The summed E-state index contributed by atoms with van der Waals surface area (Å²) in [5.41, 5.74) is 2.02. The molecule has 1 heterocycles. The highest BCUT2D eigenvalue weighted by molar-refractivity contribution is 7.00. The lowest BCUT2D eigenvalue weighted by atomic mass is 10.2. The summed E-state index contributed by atoms with van der Waals surface area (Å²) in [6.07, 6.45) is 0. The Morgan fingerprint density at radius 1 is 1.46 bits per heavy atom. The van der Waals surface area contributed by atoms with Gasteiger partial charge in [0.05, 0.1) is 17.3 Å². The second-order valence-corrected chi connectivity index (χ2v) is 3.05. The van der Waals surface area contributed by atoms with Gasteiger partial charge in [0.15, 0.2) is 0 Å². The summed E-state index contributed by atoms with van der Waals surface area (Å²) in [5, 5.41) is 2.56. The van der Waals surface area contributed by atoms with Crippen molar-refractivity contribution in [1.82, 2.24) is 14.1 Å². The van der Waals surface area contributed by atoms with Crippen molar-refractivity contribution in [2.24, 2.45) is 0 Å². The Bertz CT molecular complexity index is 451. The molecule has 66 valence electrons. The number of amides is 1. The lowest BCUT2D eigenvalue weighted by molar-refractivity contribution is 0.0964. The average Bonchev–Trinajstić information content (AvgIpc) is 2.63. The maximum atomic E-state index is 11.4. The predicted molar refractivity (Wildman–Crippen MR) is 50.8 cm³/mol. The van der Waals surface area contributed by atoms with Crippen LogP contribution in [0.25, 0.3) is 11.0 Å². The van der Waals surface area contributed by atoms with Crippen LogP contribution < -0.4 is 5.32 Å². The van der Waals surface area contributed by atoms with Crippen molar-refractivity contribution in [1.29, 1.82) is 0 Å². The van der Waals surface area contributed by atoms with E-state index in [0.717, 1.165) is 17.2 Å². The maximum absolute atomic E-state index is 11.4. The summed E-state index contributed by atoms with van der Waals surface area (Å²) in [7, 11) is 1.60. The van der Waals surface area contributed by atoms with E-state index in [9.17, 15) is 4.79 Å². The fourth-order valence-electron chi connectivity index (χ4n) is 1.12. The molecule has 0 unspecified atom stereocenters. The Morgan fingerprint density at radius 3 is 3.08 bits per heavy atom. The summed E-state index contributed by atoms with van der Waals surface area (Å²) >= 11 is 1.11. The number of carbonyl (C=O) groups is 1. The third kappa shape index (κ3) is 1.27. The van der Waals surface area contributed by atoms with Crippen LogP contribution in [0.1, 0.15) is 10.4 Å². The Kier molecular flexibility index (Phi) is 1.94. The Hall–Kier alpha value is -1.49. The highest BCUT2D eigenvalue weighted by Crippen LogP contribution is 2.15. The second kappa shape index (κ2) is 3.10. The van der Waals surface area contributed by atoms with E-state index < -0.39 is 0 Å². The molecule has 1 aromatic heterocycles. The first-order valence-electron chi connectivity index (χ1n) is 3.76. The minimum atomic E-state index is -0.127. The van der Waals surface area contributed by atoms with Crippen molar-refractivity contribution in [3.8, 4) is 0 Å². The smallest absolute Gasteiger partial charge is 0.253 e. The third-order valence-electron chi connectivity index (χ3n) is 1.76. The highest BCUT2D eigenvalue weighted by atomic mass is 32.1. The number of nitrogens with one attached hydrogen (secondary N) is 1. The largest absolute Gasteiger partial charge is 0.355 e. The predicted octanol–water partition coefficient (Wildman–Crippen LogP) is 1.05. The molecule has 0 saturated carbocycles. The second-order valence-electron chi connectivity index (χ2n) is 2.52. The van der Waals surface area contributed by atoms with Crippen molar-refractivity contribution in [3.05, 3.63) is 23.8 Å². The normalized spacial score (nSPS) is 10.2. The van der Waals surface area contributed by atoms with Gasteiger partial charge in [0.25, 0.3) is 5.91 Å². The van der Waals surface area contributed by atoms with Crippen LogP contribution in [-0.2, 0) is 0 Å². The zero-order chi connectivity index (χ0) is 9.26. The van der Waals surface area contributed by atoms with E-state index in [4.69, 9.17) is 0 Å². The van der Waals surface area contributed by atoms with Gasteiger partial charge in [-0.2, -0.15) is 8.75 Å². The molecule has 13 heavy (non-hydrogen) atoms. The Labute approximate surface area is 78.9 Å². The van der Waals surface area contributed by atoms with E-state index in [1.807, 2.05) is 6.07 Å². The van der Waals surface area contributed by atoms with Gasteiger partial charge < -0.3 is 5.32 Å². The van der Waals surface area contributed by atoms with Crippen LogP contribution in [0.3, 0.4) is 0 Å².